The van der Waals surface area contributed by atoms with Crippen LogP contribution in [0.15, 0.2) is 36.7 Å². The van der Waals surface area contributed by atoms with Crippen LogP contribution < -0.4 is 4.74 Å². The van der Waals surface area contributed by atoms with E-state index in [4.69, 9.17) is 4.74 Å². The molecule has 0 aliphatic heterocycles. The highest BCUT2D eigenvalue weighted by atomic mass is 19.1. The molecule has 1 aromatic heterocycles. The van der Waals surface area contributed by atoms with E-state index in [1.54, 1.807) is 12.4 Å². The van der Waals surface area contributed by atoms with E-state index in [1.807, 2.05) is 0 Å². The van der Waals surface area contributed by atoms with Gasteiger partial charge < -0.3 is 4.74 Å². The largest absolute Gasteiger partial charge is 0.487 e. The molecule has 4 heteroatoms. The number of nitrogens with zero attached hydrogens (tertiary/aromatic N) is 2. The van der Waals surface area contributed by atoms with Crippen molar-refractivity contribution in [2.24, 2.45) is 5.92 Å². The van der Waals surface area contributed by atoms with Crippen LogP contribution in [-0.4, -0.2) is 22.7 Å². The molecule has 0 radical (unpaired) electrons. The van der Waals surface area contributed by atoms with Gasteiger partial charge >= 0.3 is 0 Å². The van der Waals surface area contributed by atoms with Crippen molar-refractivity contribution in [1.29, 1.82) is 0 Å². The summed E-state index contributed by atoms with van der Waals surface area (Å²) in [5, 5.41) is 0. The molecular weight excluding hydrogens is 423 g/mol. The number of benzene rings is 1. The molecule has 1 heterocycles. The highest BCUT2D eigenvalue weighted by Crippen LogP contribution is 2.20. The number of rotatable bonds is 19. The van der Waals surface area contributed by atoms with E-state index in [2.05, 4.69) is 55.0 Å². The minimum Gasteiger partial charge on any atom is -0.487 e. The maximum Gasteiger partial charge on any atom is 0.159 e. The zero-order chi connectivity index (χ0) is 24.4. The van der Waals surface area contributed by atoms with Gasteiger partial charge in [0.2, 0.25) is 0 Å². The van der Waals surface area contributed by atoms with Crippen LogP contribution in [0.2, 0.25) is 0 Å². The highest BCUT2D eigenvalue weighted by molar-refractivity contribution is 5.55. The minimum absolute atomic E-state index is 0.0599. The Bertz CT molecular complexity index is 747. The van der Waals surface area contributed by atoms with Crippen molar-refractivity contribution in [2.45, 2.75) is 117 Å². The molecule has 2 rings (SSSR count). The molecule has 0 saturated heterocycles. The quantitative estimate of drug-likeness (QED) is 0.192. The predicted molar refractivity (Wildman–Crippen MR) is 142 cm³/mol. The van der Waals surface area contributed by atoms with Gasteiger partial charge in [0.15, 0.2) is 11.6 Å². The normalized spacial score (nSPS) is 13.1. The third-order valence-corrected chi connectivity index (χ3v) is 6.53. The third kappa shape index (κ3) is 11.9. The van der Waals surface area contributed by atoms with Gasteiger partial charge in [-0.05, 0) is 30.7 Å². The summed E-state index contributed by atoms with van der Waals surface area (Å²) in [7, 11) is 0. The smallest absolute Gasteiger partial charge is 0.159 e. The molecule has 3 nitrogen and oxygen atoms in total. The summed E-state index contributed by atoms with van der Waals surface area (Å²) in [4.78, 5) is 8.83. The molecule has 0 amide bonds. The monoisotopic (exact) mass is 470 g/mol. The van der Waals surface area contributed by atoms with Gasteiger partial charge in [0.05, 0.1) is 12.4 Å². The predicted octanol–water partition coefficient (Wildman–Crippen LogP) is 9.15. The van der Waals surface area contributed by atoms with Crippen molar-refractivity contribution >= 4 is 0 Å². The average molecular weight is 471 g/mol. The van der Waals surface area contributed by atoms with Gasteiger partial charge in [-0.2, -0.15) is 0 Å². The molecule has 2 unspecified atom stereocenters. The van der Waals surface area contributed by atoms with Crippen LogP contribution in [0, 0.1) is 5.92 Å². The van der Waals surface area contributed by atoms with Crippen LogP contribution in [0.4, 0.5) is 4.39 Å². The van der Waals surface area contributed by atoms with E-state index in [0.29, 0.717) is 23.9 Å². The minimum atomic E-state index is -0.954. The number of unbranched alkanes of at least 4 members (excludes halogenated alkanes) is 9. The molecule has 0 saturated carbocycles. The second-order valence-corrected chi connectivity index (χ2v) is 9.91. The van der Waals surface area contributed by atoms with Crippen LogP contribution in [0.3, 0.4) is 0 Å². The molecule has 1 aromatic carbocycles. The first kappa shape index (κ1) is 28.3. The summed E-state index contributed by atoms with van der Waals surface area (Å²) >= 11 is 0. The zero-order valence-electron chi connectivity index (χ0n) is 21.9. The Kier molecular flexibility index (Phi) is 14.5. The Morgan fingerprint density at radius 1 is 0.794 bits per heavy atom. The maximum atomic E-state index is 14.1. The van der Waals surface area contributed by atoms with Crippen LogP contribution in [0.25, 0.3) is 11.4 Å². The molecule has 2 atom stereocenters. The molecule has 0 N–H and O–H groups in total. The van der Waals surface area contributed by atoms with Crippen molar-refractivity contribution in [3.8, 4) is 17.1 Å². The Labute approximate surface area is 208 Å². The number of alkyl halides is 1. The third-order valence-electron chi connectivity index (χ3n) is 6.53. The SMILES string of the molecule is CCCCCCCCCCCCc1ccc(-c2ncc(OCC(F)CC(C)CCC)cn2)cc1. The second kappa shape index (κ2) is 17.5. The van der Waals surface area contributed by atoms with Crippen LogP contribution in [0.1, 0.15) is 110 Å². The van der Waals surface area contributed by atoms with E-state index in [0.717, 1.165) is 24.8 Å². The Balaban J connectivity index is 1.64. The van der Waals surface area contributed by atoms with E-state index in [-0.39, 0.29) is 6.61 Å². The Morgan fingerprint density at radius 3 is 1.97 bits per heavy atom. The second-order valence-electron chi connectivity index (χ2n) is 9.91. The first-order chi connectivity index (χ1) is 16.6. The maximum absolute atomic E-state index is 14.1. The van der Waals surface area contributed by atoms with E-state index in [9.17, 15) is 4.39 Å². The number of halogens is 1. The van der Waals surface area contributed by atoms with Crippen molar-refractivity contribution in [3.63, 3.8) is 0 Å². The molecule has 0 aliphatic rings. The topological polar surface area (TPSA) is 35.0 Å². The van der Waals surface area contributed by atoms with E-state index >= 15 is 0 Å². The summed E-state index contributed by atoms with van der Waals surface area (Å²) in [5.74, 6) is 1.58. The lowest BCUT2D eigenvalue weighted by molar-refractivity contribution is 0.168. The fourth-order valence-corrected chi connectivity index (χ4v) is 4.48. The molecule has 34 heavy (non-hydrogen) atoms. The average Bonchev–Trinajstić information content (AvgIpc) is 2.85. The first-order valence-electron chi connectivity index (χ1n) is 13.8. The van der Waals surface area contributed by atoms with Gasteiger partial charge in [-0.25, -0.2) is 14.4 Å². The van der Waals surface area contributed by atoms with Crippen LogP contribution >= 0.6 is 0 Å². The Hall–Kier alpha value is -1.97. The number of ether oxygens (including phenoxy) is 1. The van der Waals surface area contributed by atoms with Gasteiger partial charge in [-0.1, -0.05) is 116 Å². The lowest BCUT2D eigenvalue weighted by atomic mass is 10.00. The summed E-state index contributed by atoms with van der Waals surface area (Å²) in [6, 6.07) is 8.55. The fraction of sp³-hybridized carbons (Fsp3) is 0.667. The standard InChI is InChI=1S/C30H47FN2O/c1-4-6-7-8-9-10-11-12-13-14-16-26-17-19-27(20-18-26)30-32-22-29(23-33-30)34-24-28(31)21-25(3)15-5-2/h17-20,22-23,25,28H,4-16,21,24H2,1-3H3. The van der Waals surface area contributed by atoms with Gasteiger partial charge in [-0.15, -0.1) is 0 Å². The molecular formula is C30H47FN2O. The summed E-state index contributed by atoms with van der Waals surface area (Å²) < 4.78 is 19.7. The van der Waals surface area contributed by atoms with Crippen LogP contribution in [0.5, 0.6) is 5.75 Å². The highest BCUT2D eigenvalue weighted by Gasteiger charge is 2.13. The summed E-state index contributed by atoms with van der Waals surface area (Å²) in [6.07, 6.45) is 19.8. The molecule has 0 fully saturated rings. The number of hydrogen-bond donors (Lipinski definition) is 0. The van der Waals surface area contributed by atoms with Crippen molar-refractivity contribution in [2.75, 3.05) is 6.61 Å². The Morgan fingerprint density at radius 2 is 1.38 bits per heavy atom. The van der Waals surface area contributed by atoms with Crippen molar-refractivity contribution in [3.05, 3.63) is 42.2 Å². The fourth-order valence-electron chi connectivity index (χ4n) is 4.48. The first-order valence-corrected chi connectivity index (χ1v) is 13.8. The summed E-state index contributed by atoms with van der Waals surface area (Å²) in [6.45, 7) is 6.56. The lowest BCUT2D eigenvalue weighted by Crippen LogP contribution is -2.16. The van der Waals surface area contributed by atoms with Gasteiger partial charge in [0.25, 0.3) is 0 Å². The van der Waals surface area contributed by atoms with E-state index in [1.165, 1.54) is 69.8 Å². The van der Waals surface area contributed by atoms with Gasteiger partial charge in [0, 0.05) is 5.56 Å². The van der Waals surface area contributed by atoms with Gasteiger partial charge in [-0.3, -0.25) is 0 Å². The zero-order valence-corrected chi connectivity index (χ0v) is 21.9. The molecule has 0 bridgehead atoms. The molecule has 190 valence electrons. The lowest BCUT2D eigenvalue weighted by Gasteiger charge is -2.14. The number of aromatic nitrogens is 2. The van der Waals surface area contributed by atoms with E-state index < -0.39 is 6.17 Å². The van der Waals surface area contributed by atoms with Crippen molar-refractivity contribution < 1.29 is 9.13 Å². The molecule has 0 aliphatic carbocycles. The summed E-state index contributed by atoms with van der Waals surface area (Å²) in [5.41, 5.74) is 2.37. The molecule has 2 aromatic rings. The number of hydrogen-bond acceptors (Lipinski definition) is 3. The van der Waals surface area contributed by atoms with Crippen molar-refractivity contribution in [1.82, 2.24) is 9.97 Å². The molecule has 0 spiro atoms. The number of aryl methyl sites for hydroxylation is 1. The van der Waals surface area contributed by atoms with Crippen LogP contribution in [-0.2, 0) is 6.42 Å². The van der Waals surface area contributed by atoms with Gasteiger partial charge in [0.1, 0.15) is 12.8 Å².